The number of H-pyrrole nitrogens is 1. The standard InChI is InChI=1S/C16H18N2O6/c1-8-2-4-9(5-3-8)10-6-18(16(23)17-14(10)22)15-13(21)12(20)11(7-19)24-15/h2-6,11-13,15,19-21H,7H2,1H3,(H,17,22,23)/t11-,12-,13-,15-/m1/s1. The highest BCUT2D eigenvalue weighted by atomic mass is 16.6. The summed E-state index contributed by atoms with van der Waals surface area (Å²) >= 11 is 0. The summed E-state index contributed by atoms with van der Waals surface area (Å²) in [7, 11) is 0. The van der Waals surface area contributed by atoms with Gasteiger partial charge in [0.05, 0.1) is 12.2 Å². The first-order valence-corrected chi connectivity index (χ1v) is 7.47. The molecule has 3 rings (SSSR count). The Labute approximate surface area is 136 Å². The van der Waals surface area contributed by atoms with E-state index in [9.17, 15) is 19.8 Å². The quantitative estimate of drug-likeness (QED) is 0.578. The van der Waals surface area contributed by atoms with E-state index in [1.165, 1.54) is 6.20 Å². The first kappa shape index (κ1) is 16.6. The molecule has 1 aromatic carbocycles. The number of rotatable bonds is 3. The molecule has 1 aliphatic heterocycles. The van der Waals surface area contributed by atoms with E-state index < -0.39 is 42.4 Å². The number of aliphatic hydroxyl groups excluding tert-OH is 3. The molecule has 4 atom stereocenters. The smallest absolute Gasteiger partial charge is 0.330 e. The van der Waals surface area contributed by atoms with Crippen LogP contribution in [0.3, 0.4) is 0 Å². The van der Waals surface area contributed by atoms with E-state index in [2.05, 4.69) is 4.98 Å². The van der Waals surface area contributed by atoms with Gasteiger partial charge in [-0.2, -0.15) is 0 Å². The Kier molecular flexibility index (Phi) is 4.37. The van der Waals surface area contributed by atoms with Crippen LogP contribution in [0.25, 0.3) is 11.1 Å². The van der Waals surface area contributed by atoms with Gasteiger partial charge in [0.2, 0.25) is 0 Å². The lowest BCUT2D eigenvalue weighted by molar-refractivity contribution is -0.0549. The lowest BCUT2D eigenvalue weighted by Crippen LogP contribution is -2.38. The van der Waals surface area contributed by atoms with Gasteiger partial charge in [-0.15, -0.1) is 0 Å². The first-order valence-electron chi connectivity index (χ1n) is 7.47. The van der Waals surface area contributed by atoms with Gasteiger partial charge < -0.3 is 20.1 Å². The van der Waals surface area contributed by atoms with E-state index in [-0.39, 0.29) is 5.56 Å². The van der Waals surface area contributed by atoms with E-state index in [1.54, 1.807) is 12.1 Å². The van der Waals surface area contributed by atoms with Gasteiger partial charge in [0.1, 0.15) is 18.3 Å². The minimum absolute atomic E-state index is 0.229. The van der Waals surface area contributed by atoms with Gasteiger partial charge in [-0.05, 0) is 12.5 Å². The number of nitrogens with one attached hydrogen (secondary N) is 1. The maximum Gasteiger partial charge on any atom is 0.330 e. The Balaban J connectivity index is 2.07. The van der Waals surface area contributed by atoms with Gasteiger partial charge in [-0.1, -0.05) is 29.8 Å². The van der Waals surface area contributed by atoms with Crippen LogP contribution in [-0.4, -0.2) is 49.8 Å². The van der Waals surface area contributed by atoms with Crippen LogP contribution < -0.4 is 11.2 Å². The SMILES string of the molecule is Cc1ccc(-c2cn([C@@H]3O[C@H](CO)[C@@H](O)[C@H]3O)c(=O)[nH]c2=O)cc1. The van der Waals surface area contributed by atoms with Gasteiger partial charge >= 0.3 is 5.69 Å². The topological polar surface area (TPSA) is 125 Å². The summed E-state index contributed by atoms with van der Waals surface area (Å²) in [4.78, 5) is 26.4. The monoisotopic (exact) mass is 334 g/mol. The van der Waals surface area contributed by atoms with Gasteiger partial charge in [0, 0.05) is 6.20 Å². The lowest BCUT2D eigenvalue weighted by atomic mass is 10.1. The van der Waals surface area contributed by atoms with Gasteiger partial charge in [-0.25, -0.2) is 4.79 Å². The number of aliphatic hydroxyl groups is 3. The van der Waals surface area contributed by atoms with Crippen LogP contribution in [0.2, 0.25) is 0 Å². The van der Waals surface area contributed by atoms with Crippen molar-refractivity contribution in [3.05, 3.63) is 56.9 Å². The molecule has 128 valence electrons. The third-order valence-corrected chi connectivity index (χ3v) is 4.12. The summed E-state index contributed by atoms with van der Waals surface area (Å²) in [6.07, 6.45) is -3.66. The zero-order valence-corrected chi connectivity index (χ0v) is 12.9. The highest BCUT2D eigenvalue weighted by Gasteiger charge is 2.43. The fourth-order valence-electron chi connectivity index (χ4n) is 2.72. The minimum Gasteiger partial charge on any atom is -0.394 e. The largest absolute Gasteiger partial charge is 0.394 e. The van der Waals surface area contributed by atoms with E-state index in [0.29, 0.717) is 5.56 Å². The molecule has 8 heteroatoms. The molecule has 24 heavy (non-hydrogen) atoms. The van der Waals surface area contributed by atoms with E-state index in [1.807, 2.05) is 19.1 Å². The second kappa shape index (κ2) is 6.33. The highest BCUT2D eigenvalue weighted by molar-refractivity contribution is 5.61. The number of hydrogen-bond acceptors (Lipinski definition) is 6. The molecule has 4 N–H and O–H groups in total. The van der Waals surface area contributed by atoms with Crippen LogP contribution >= 0.6 is 0 Å². The van der Waals surface area contributed by atoms with Crippen molar-refractivity contribution in [1.82, 2.24) is 9.55 Å². The Morgan fingerprint density at radius 1 is 1.17 bits per heavy atom. The van der Waals surface area contributed by atoms with Crippen molar-refractivity contribution < 1.29 is 20.1 Å². The molecule has 0 aliphatic carbocycles. The molecule has 1 aliphatic rings. The highest BCUT2D eigenvalue weighted by Crippen LogP contribution is 2.28. The Morgan fingerprint density at radius 2 is 1.83 bits per heavy atom. The second-order valence-corrected chi connectivity index (χ2v) is 5.80. The molecular formula is C16H18N2O6. The van der Waals surface area contributed by atoms with E-state index >= 15 is 0 Å². The normalized spacial score (nSPS) is 26.7. The average molecular weight is 334 g/mol. The number of nitrogens with zero attached hydrogens (tertiary/aromatic N) is 1. The van der Waals surface area contributed by atoms with Crippen LogP contribution in [0.15, 0.2) is 40.1 Å². The Hall–Kier alpha value is -2.26. The molecule has 8 nitrogen and oxygen atoms in total. The van der Waals surface area contributed by atoms with Crippen molar-refractivity contribution in [1.29, 1.82) is 0 Å². The summed E-state index contributed by atoms with van der Waals surface area (Å²) in [5.41, 5.74) is 0.513. The molecule has 1 fully saturated rings. The number of benzene rings is 1. The van der Waals surface area contributed by atoms with Crippen molar-refractivity contribution in [3.63, 3.8) is 0 Å². The average Bonchev–Trinajstić information content (AvgIpc) is 2.84. The number of aromatic nitrogens is 2. The van der Waals surface area contributed by atoms with Gasteiger partial charge in [0.25, 0.3) is 5.56 Å². The van der Waals surface area contributed by atoms with Crippen LogP contribution in [-0.2, 0) is 4.74 Å². The van der Waals surface area contributed by atoms with Crippen LogP contribution in [0, 0.1) is 6.92 Å². The summed E-state index contributed by atoms with van der Waals surface area (Å²) in [5.74, 6) is 0. The third kappa shape index (κ3) is 2.80. The number of aryl methyl sites for hydroxylation is 1. The molecule has 0 saturated carbocycles. The maximum atomic E-state index is 12.1. The van der Waals surface area contributed by atoms with Gasteiger partial charge in [-0.3, -0.25) is 14.3 Å². The molecule has 0 bridgehead atoms. The zero-order chi connectivity index (χ0) is 17.4. The maximum absolute atomic E-state index is 12.1. The first-order chi connectivity index (χ1) is 11.4. The van der Waals surface area contributed by atoms with E-state index in [0.717, 1.165) is 10.1 Å². The van der Waals surface area contributed by atoms with Crippen LogP contribution in [0.5, 0.6) is 0 Å². The minimum atomic E-state index is -1.41. The van der Waals surface area contributed by atoms with Gasteiger partial charge in [0.15, 0.2) is 6.23 Å². The molecule has 1 saturated heterocycles. The molecule has 0 radical (unpaired) electrons. The van der Waals surface area contributed by atoms with Crippen LogP contribution in [0.1, 0.15) is 11.8 Å². The molecule has 0 unspecified atom stereocenters. The lowest BCUT2D eigenvalue weighted by Gasteiger charge is -2.18. The molecule has 2 heterocycles. The molecule has 2 aromatic rings. The summed E-state index contributed by atoms with van der Waals surface area (Å²) in [6.45, 7) is 1.41. The number of ether oxygens (including phenoxy) is 1. The van der Waals surface area contributed by atoms with Crippen molar-refractivity contribution in [3.8, 4) is 11.1 Å². The van der Waals surface area contributed by atoms with Crippen molar-refractivity contribution in [2.75, 3.05) is 6.61 Å². The fourth-order valence-corrected chi connectivity index (χ4v) is 2.72. The summed E-state index contributed by atoms with van der Waals surface area (Å²) in [6, 6.07) is 7.14. The fraction of sp³-hybridized carbons (Fsp3) is 0.375. The second-order valence-electron chi connectivity index (χ2n) is 5.80. The molecule has 1 aromatic heterocycles. The van der Waals surface area contributed by atoms with Crippen LogP contribution in [0.4, 0.5) is 0 Å². The molecular weight excluding hydrogens is 316 g/mol. The number of aromatic amines is 1. The predicted octanol–water partition coefficient (Wildman–Crippen LogP) is -0.876. The number of hydrogen-bond donors (Lipinski definition) is 4. The van der Waals surface area contributed by atoms with E-state index in [4.69, 9.17) is 9.84 Å². The molecule has 0 amide bonds. The van der Waals surface area contributed by atoms with Crippen molar-refractivity contribution in [2.24, 2.45) is 0 Å². The summed E-state index contributed by atoms with van der Waals surface area (Å²) < 4.78 is 6.36. The third-order valence-electron chi connectivity index (χ3n) is 4.12. The summed E-state index contributed by atoms with van der Waals surface area (Å²) in [5, 5.41) is 29.0. The van der Waals surface area contributed by atoms with Crippen molar-refractivity contribution >= 4 is 0 Å². The Morgan fingerprint density at radius 3 is 2.42 bits per heavy atom. The molecule has 0 spiro atoms. The predicted molar refractivity (Wildman–Crippen MR) is 84.5 cm³/mol. The van der Waals surface area contributed by atoms with Crippen molar-refractivity contribution in [2.45, 2.75) is 31.5 Å². The Bertz CT molecular complexity index is 841. The zero-order valence-electron chi connectivity index (χ0n) is 12.9.